The Bertz CT molecular complexity index is 745. The predicted molar refractivity (Wildman–Crippen MR) is 99.5 cm³/mol. The van der Waals surface area contributed by atoms with Gasteiger partial charge in [-0.05, 0) is 105 Å². The Hall–Kier alpha value is -1.67. The number of aliphatic hydroxyl groups excluding tert-OH is 1. The molecule has 2 heteroatoms. The number of benzene rings is 2. The van der Waals surface area contributed by atoms with Crippen LogP contribution < -0.4 is 0 Å². The van der Waals surface area contributed by atoms with Gasteiger partial charge in [-0.2, -0.15) is 0 Å². The SMILES string of the molecule is Cc1ccc(C(CO)Cc2c(C)c(C)c(C)c(C)c2F)c(C)c1C. The van der Waals surface area contributed by atoms with E-state index in [0.717, 1.165) is 33.4 Å². The van der Waals surface area contributed by atoms with Crippen LogP contribution in [0.3, 0.4) is 0 Å². The van der Waals surface area contributed by atoms with Gasteiger partial charge in [0.2, 0.25) is 0 Å². The van der Waals surface area contributed by atoms with Crippen LogP contribution in [0.1, 0.15) is 56.0 Å². The van der Waals surface area contributed by atoms with Gasteiger partial charge in [0.25, 0.3) is 0 Å². The zero-order chi connectivity index (χ0) is 18.2. The maximum atomic E-state index is 14.9. The van der Waals surface area contributed by atoms with Crippen LogP contribution in [0.2, 0.25) is 0 Å². The molecular weight excluding hydrogens is 299 g/mol. The summed E-state index contributed by atoms with van der Waals surface area (Å²) in [4.78, 5) is 0. The number of hydrogen-bond acceptors (Lipinski definition) is 1. The molecule has 0 heterocycles. The van der Waals surface area contributed by atoms with E-state index in [1.165, 1.54) is 16.7 Å². The third kappa shape index (κ3) is 3.12. The first-order valence-corrected chi connectivity index (χ1v) is 8.62. The van der Waals surface area contributed by atoms with Crippen LogP contribution in [0, 0.1) is 54.3 Å². The van der Waals surface area contributed by atoms with Crippen molar-refractivity contribution in [1.82, 2.24) is 0 Å². The van der Waals surface area contributed by atoms with Crippen molar-refractivity contribution in [2.75, 3.05) is 6.61 Å². The minimum absolute atomic E-state index is 0.0220. The van der Waals surface area contributed by atoms with E-state index >= 15 is 0 Å². The van der Waals surface area contributed by atoms with E-state index in [-0.39, 0.29) is 18.3 Å². The zero-order valence-electron chi connectivity index (χ0n) is 16.0. The van der Waals surface area contributed by atoms with Gasteiger partial charge in [-0.3, -0.25) is 0 Å². The molecule has 0 fully saturated rings. The van der Waals surface area contributed by atoms with Gasteiger partial charge in [-0.25, -0.2) is 4.39 Å². The Morgan fingerprint density at radius 2 is 1.38 bits per heavy atom. The normalized spacial score (nSPS) is 12.5. The maximum absolute atomic E-state index is 14.9. The molecule has 130 valence electrons. The Morgan fingerprint density at radius 1 is 0.792 bits per heavy atom. The van der Waals surface area contributed by atoms with Gasteiger partial charge in [0, 0.05) is 5.92 Å². The van der Waals surface area contributed by atoms with E-state index < -0.39 is 0 Å². The largest absolute Gasteiger partial charge is 0.396 e. The molecule has 0 saturated heterocycles. The Labute approximate surface area is 145 Å². The minimum atomic E-state index is -0.115. The molecule has 0 aliphatic rings. The first-order valence-electron chi connectivity index (χ1n) is 8.62. The van der Waals surface area contributed by atoms with Gasteiger partial charge in [-0.1, -0.05) is 12.1 Å². The molecule has 0 saturated carbocycles. The highest BCUT2D eigenvalue weighted by atomic mass is 19.1. The van der Waals surface area contributed by atoms with Crippen molar-refractivity contribution in [1.29, 1.82) is 0 Å². The van der Waals surface area contributed by atoms with Crippen LogP contribution >= 0.6 is 0 Å². The second-order valence-corrected chi connectivity index (χ2v) is 7.10. The highest BCUT2D eigenvalue weighted by Gasteiger charge is 2.21. The molecule has 0 amide bonds. The summed E-state index contributed by atoms with van der Waals surface area (Å²) in [7, 11) is 0. The number of hydrogen-bond donors (Lipinski definition) is 1. The van der Waals surface area contributed by atoms with Crippen molar-refractivity contribution in [3.8, 4) is 0 Å². The minimum Gasteiger partial charge on any atom is -0.396 e. The van der Waals surface area contributed by atoms with Gasteiger partial charge in [0.15, 0.2) is 0 Å². The van der Waals surface area contributed by atoms with Crippen LogP contribution in [0.4, 0.5) is 4.39 Å². The van der Waals surface area contributed by atoms with Crippen LogP contribution in [0.5, 0.6) is 0 Å². The van der Waals surface area contributed by atoms with Crippen LogP contribution in [-0.4, -0.2) is 11.7 Å². The lowest BCUT2D eigenvalue weighted by molar-refractivity contribution is 0.263. The van der Waals surface area contributed by atoms with E-state index in [4.69, 9.17) is 0 Å². The van der Waals surface area contributed by atoms with Gasteiger partial charge >= 0.3 is 0 Å². The molecule has 2 aromatic rings. The molecule has 1 N–H and O–H groups in total. The zero-order valence-corrected chi connectivity index (χ0v) is 16.0. The summed E-state index contributed by atoms with van der Waals surface area (Å²) in [6.45, 7) is 14.2. The van der Waals surface area contributed by atoms with Crippen molar-refractivity contribution in [2.24, 2.45) is 0 Å². The Morgan fingerprint density at radius 3 is 1.96 bits per heavy atom. The second-order valence-electron chi connectivity index (χ2n) is 7.10. The summed E-state index contributed by atoms with van der Waals surface area (Å²) in [6.07, 6.45) is 0.527. The first-order chi connectivity index (χ1) is 11.2. The van der Waals surface area contributed by atoms with Gasteiger partial charge in [0.1, 0.15) is 5.82 Å². The van der Waals surface area contributed by atoms with E-state index in [1.807, 2.05) is 20.8 Å². The molecule has 1 nitrogen and oxygen atoms in total. The number of aryl methyl sites for hydroxylation is 1. The quantitative estimate of drug-likeness (QED) is 0.807. The summed E-state index contributed by atoms with van der Waals surface area (Å²) in [5.41, 5.74) is 9.47. The van der Waals surface area contributed by atoms with Crippen molar-refractivity contribution < 1.29 is 9.50 Å². The van der Waals surface area contributed by atoms with E-state index in [1.54, 1.807) is 0 Å². The number of halogens is 1. The molecule has 24 heavy (non-hydrogen) atoms. The highest BCUT2D eigenvalue weighted by Crippen LogP contribution is 2.32. The van der Waals surface area contributed by atoms with Crippen molar-refractivity contribution in [3.05, 3.63) is 68.0 Å². The summed E-state index contributed by atoms with van der Waals surface area (Å²) in [5, 5.41) is 9.98. The lowest BCUT2D eigenvalue weighted by Gasteiger charge is -2.23. The summed E-state index contributed by atoms with van der Waals surface area (Å²) < 4.78 is 14.9. The smallest absolute Gasteiger partial charge is 0.129 e. The average Bonchev–Trinajstić information content (AvgIpc) is 2.57. The molecule has 0 aromatic heterocycles. The van der Waals surface area contributed by atoms with Crippen molar-refractivity contribution >= 4 is 0 Å². The molecule has 1 unspecified atom stereocenters. The number of rotatable bonds is 4. The van der Waals surface area contributed by atoms with Gasteiger partial charge in [-0.15, -0.1) is 0 Å². The summed E-state index contributed by atoms with van der Waals surface area (Å²) in [6, 6.07) is 4.18. The maximum Gasteiger partial charge on any atom is 0.129 e. The topological polar surface area (TPSA) is 20.2 Å². The lowest BCUT2D eigenvalue weighted by Crippen LogP contribution is -2.14. The van der Waals surface area contributed by atoms with E-state index in [2.05, 4.69) is 39.8 Å². The standard InChI is InChI=1S/C22H29FO/c1-12-8-9-20(16(5)13(12)2)19(11-24)10-21-17(6)14(3)15(4)18(7)22(21)23/h8-9,19,24H,10-11H2,1-7H3. The fraction of sp³-hybridized carbons (Fsp3) is 0.455. The molecule has 2 aromatic carbocycles. The molecule has 0 radical (unpaired) electrons. The van der Waals surface area contributed by atoms with E-state index in [0.29, 0.717) is 6.42 Å². The molecule has 0 bridgehead atoms. The third-order valence-corrected chi connectivity index (χ3v) is 5.94. The Balaban J connectivity index is 2.52. The Kier molecular flexibility index (Phi) is 5.49. The second kappa shape index (κ2) is 7.06. The van der Waals surface area contributed by atoms with Gasteiger partial charge in [0.05, 0.1) is 6.61 Å². The third-order valence-electron chi connectivity index (χ3n) is 5.94. The predicted octanol–water partition coefficient (Wildman–Crippen LogP) is 5.30. The van der Waals surface area contributed by atoms with Gasteiger partial charge < -0.3 is 5.11 Å². The molecule has 1 atom stereocenters. The molecule has 0 spiro atoms. The van der Waals surface area contributed by atoms with E-state index in [9.17, 15) is 9.50 Å². The molecular formula is C22H29FO. The molecule has 0 aliphatic carbocycles. The lowest BCUT2D eigenvalue weighted by atomic mass is 9.83. The first kappa shape index (κ1) is 18.7. The van der Waals surface area contributed by atoms with Crippen LogP contribution in [0.25, 0.3) is 0 Å². The number of aliphatic hydroxyl groups is 1. The summed E-state index contributed by atoms with van der Waals surface area (Å²) >= 11 is 0. The average molecular weight is 328 g/mol. The fourth-order valence-electron chi connectivity index (χ4n) is 3.53. The highest BCUT2D eigenvalue weighted by molar-refractivity contribution is 5.47. The monoisotopic (exact) mass is 328 g/mol. The molecule has 2 rings (SSSR count). The van der Waals surface area contributed by atoms with Crippen molar-refractivity contribution in [3.63, 3.8) is 0 Å². The summed E-state index contributed by atoms with van der Waals surface area (Å²) in [5.74, 6) is -0.199. The van der Waals surface area contributed by atoms with Crippen LogP contribution in [-0.2, 0) is 6.42 Å². The van der Waals surface area contributed by atoms with Crippen LogP contribution in [0.15, 0.2) is 12.1 Å². The van der Waals surface area contributed by atoms with Crippen molar-refractivity contribution in [2.45, 2.75) is 60.8 Å². The fourth-order valence-corrected chi connectivity index (χ4v) is 3.53. The molecule has 0 aliphatic heterocycles.